The average molecular weight is 277 g/mol. The van der Waals surface area contributed by atoms with Gasteiger partial charge in [0.2, 0.25) is 0 Å². The minimum atomic E-state index is -1.18. The first-order chi connectivity index (χ1) is 8.72. The Morgan fingerprint density at radius 2 is 2.33 bits per heavy atom. The van der Waals surface area contributed by atoms with Crippen LogP contribution >= 0.6 is 11.3 Å². The first kappa shape index (κ1) is 11.7. The molecule has 0 radical (unpaired) electrons. The smallest absolute Gasteiger partial charge is 0.322 e. The van der Waals surface area contributed by atoms with Crippen LogP contribution in [0.5, 0.6) is 0 Å². The zero-order valence-corrected chi connectivity index (χ0v) is 11.3. The molecular formula is C12H11N3OS2. The zero-order chi connectivity index (χ0) is 12.5. The molecule has 0 aliphatic rings. The summed E-state index contributed by atoms with van der Waals surface area (Å²) in [5.74, 6) is 0.390. The molecule has 6 heteroatoms. The predicted octanol–water partition coefficient (Wildman–Crippen LogP) is 2.64. The van der Waals surface area contributed by atoms with Gasteiger partial charge in [0.1, 0.15) is 5.52 Å². The van der Waals surface area contributed by atoms with E-state index < -0.39 is 11.2 Å². The Morgan fingerprint density at radius 1 is 1.44 bits per heavy atom. The zero-order valence-electron chi connectivity index (χ0n) is 9.71. The number of imidazole rings is 1. The Hall–Kier alpha value is -1.37. The monoisotopic (exact) mass is 277 g/mol. The molecule has 0 amide bonds. The molecular weight excluding hydrogens is 266 g/mol. The summed E-state index contributed by atoms with van der Waals surface area (Å²) in [7, 11) is 0. The second-order valence-corrected chi connectivity index (χ2v) is 6.14. The second kappa shape index (κ2) is 4.72. The third kappa shape index (κ3) is 2.27. The van der Waals surface area contributed by atoms with Gasteiger partial charge in [0, 0.05) is 28.1 Å². The van der Waals surface area contributed by atoms with Crippen molar-refractivity contribution in [1.82, 2.24) is 15.0 Å². The fourth-order valence-corrected chi connectivity index (χ4v) is 3.39. The van der Waals surface area contributed by atoms with Crippen LogP contribution < -0.4 is 0 Å². The Bertz CT molecular complexity index is 648. The number of aromatic nitrogens is 3. The van der Waals surface area contributed by atoms with Gasteiger partial charge in [-0.15, -0.1) is 11.3 Å². The fourth-order valence-electron chi connectivity index (χ4n) is 1.71. The summed E-state index contributed by atoms with van der Waals surface area (Å²) in [6.45, 7) is 2.00. The largest absolute Gasteiger partial charge is 0.609 e. The normalized spacial score (nSPS) is 13.0. The van der Waals surface area contributed by atoms with Crippen LogP contribution in [-0.4, -0.2) is 19.5 Å². The molecule has 3 heterocycles. The van der Waals surface area contributed by atoms with Crippen molar-refractivity contribution in [2.24, 2.45) is 0 Å². The average Bonchev–Trinajstić information content (AvgIpc) is 2.88. The van der Waals surface area contributed by atoms with E-state index in [2.05, 4.69) is 15.0 Å². The molecule has 1 atom stereocenters. The molecule has 1 unspecified atom stereocenters. The molecule has 0 fully saturated rings. The van der Waals surface area contributed by atoms with E-state index >= 15 is 0 Å². The van der Waals surface area contributed by atoms with E-state index in [1.165, 1.54) is 0 Å². The maximum atomic E-state index is 12.2. The highest BCUT2D eigenvalue weighted by atomic mass is 32.2. The van der Waals surface area contributed by atoms with Gasteiger partial charge in [-0.3, -0.25) is 9.97 Å². The van der Waals surface area contributed by atoms with Gasteiger partial charge in [0.15, 0.2) is 5.75 Å². The van der Waals surface area contributed by atoms with Gasteiger partial charge in [-0.2, -0.15) is 4.98 Å². The number of thiophene rings is 1. The van der Waals surface area contributed by atoms with Crippen LogP contribution in [0.2, 0.25) is 0 Å². The summed E-state index contributed by atoms with van der Waals surface area (Å²) in [4.78, 5) is 11.6. The molecule has 3 aromatic heterocycles. The number of rotatable bonds is 3. The molecule has 0 bridgehead atoms. The van der Waals surface area contributed by atoms with Gasteiger partial charge in [-0.05, 0) is 24.6 Å². The minimum Gasteiger partial charge on any atom is -0.609 e. The van der Waals surface area contributed by atoms with Crippen molar-refractivity contribution >= 4 is 33.5 Å². The highest BCUT2D eigenvalue weighted by Crippen LogP contribution is 2.20. The lowest BCUT2D eigenvalue weighted by Gasteiger charge is -2.06. The van der Waals surface area contributed by atoms with Gasteiger partial charge in [-0.1, -0.05) is 0 Å². The van der Waals surface area contributed by atoms with Crippen LogP contribution in [0.1, 0.15) is 11.3 Å². The summed E-state index contributed by atoms with van der Waals surface area (Å²) in [5.41, 5.74) is 3.77. The SMILES string of the molecule is Cc1ccnc(C[S+]([O-])c2nc3cscc3[nH]2)c1. The molecule has 0 spiro atoms. The topological polar surface area (TPSA) is 64.6 Å². The highest BCUT2D eigenvalue weighted by Gasteiger charge is 2.18. The van der Waals surface area contributed by atoms with Gasteiger partial charge in [-0.25, -0.2) is 0 Å². The second-order valence-electron chi connectivity index (χ2n) is 4.03. The lowest BCUT2D eigenvalue weighted by molar-refractivity contribution is 0.587. The summed E-state index contributed by atoms with van der Waals surface area (Å²) < 4.78 is 12.2. The molecule has 1 N–H and O–H groups in total. The van der Waals surface area contributed by atoms with E-state index in [0.29, 0.717) is 10.9 Å². The van der Waals surface area contributed by atoms with E-state index in [1.807, 2.05) is 29.8 Å². The number of aryl methyl sites for hydroxylation is 1. The quantitative estimate of drug-likeness (QED) is 0.748. The van der Waals surface area contributed by atoms with Gasteiger partial charge in [0.25, 0.3) is 0 Å². The summed E-state index contributed by atoms with van der Waals surface area (Å²) in [6.07, 6.45) is 1.74. The van der Waals surface area contributed by atoms with Crippen LogP contribution in [0.15, 0.2) is 34.2 Å². The summed E-state index contributed by atoms with van der Waals surface area (Å²) in [6, 6.07) is 3.87. The van der Waals surface area contributed by atoms with E-state index in [-0.39, 0.29) is 0 Å². The summed E-state index contributed by atoms with van der Waals surface area (Å²) >= 11 is 0.403. The fraction of sp³-hybridized carbons (Fsp3) is 0.167. The molecule has 0 aliphatic heterocycles. The molecule has 0 saturated carbocycles. The van der Waals surface area contributed by atoms with Crippen molar-refractivity contribution in [2.45, 2.75) is 17.8 Å². The number of hydrogen-bond acceptors (Lipinski definition) is 4. The Morgan fingerprint density at radius 3 is 3.11 bits per heavy atom. The van der Waals surface area contributed by atoms with Crippen LogP contribution in [0.4, 0.5) is 0 Å². The van der Waals surface area contributed by atoms with Gasteiger partial charge < -0.3 is 4.55 Å². The molecule has 4 nitrogen and oxygen atoms in total. The first-order valence-corrected chi connectivity index (χ1v) is 7.70. The first-order valence-electron chi connectivity index (χ1n) is 5.44. The van der Waals surface area contributed by atoms with Crippen LogP contribution in [-0.2, 0) is 16.9 Å². The number of nitrogens with one attached hydrogen (secondary N) is 1. The molecule has 0 saturated heterocycles. The lowest BCUT2D eigenvalue weighted by Crippen LogP contribution is -2.08. The van der Waals surface area contributed by atoms with Crippen molar-refractivity contribution in [3.05, 3.63) is 40.3 Å². The maximum Gasteiger partial charge on any atom is 0.322 e. The van der Waals surface area contributed by atoms with Crippen LogP contribution in [0, 0.1) is 6.92 Å². The van der Waals surface area contributed by atoms with Gasteiger partial charge in [0.05, 0.1) is 11.2 Å². The lowest BCUT2D eigenvalue weighted by atomic mass is 10.3. The molecule has 0 aromatic carbocycles. The van der Waals surface area contributed by atoms with Crippen molar-refractivity contribution in [3.63, 3.8) is 0 Å². The molecule has 18 heavy (non-hydrogen) atoms. The number of nitrogens with zero attached hydrogens (tertiary/aromatic N) is 2. The van der Waals surface area contributed by atoms with Gasteiger partial charge >= 0.3 is 5.16 Å². The highest BCUT2D eigenvalue weighted by molar-refractivity contribution is 7.90. The van der Waals surface area contributed by atoms with Crippen LogP contribution in [0.25, 0.3) is 11.0 Å². The van der Waals surface area contributed by atoms with Crippen LogP contribution in [0.3, 0.4) is 0 Å². The van der Waals surface area contributed by atoms with Crippen molar-refractivity contribution in [2.75, 3.05) is 0 Å². The molecule has 0 aliphatic carbocycles. The van der Waals surface area contributed by atoms with E-state index in [4.69, 9.17) is 0 Å². The van der Waals surface area contributed by atoms with Crippen molar-refractivity contribution < 1.29 is 4.55 Å². The van der Waals surface area contributed by atoms with E-state index in [1.54, 1.807) is 17.5 Å². The molecule has 3 rings (SSSR count). The van der Waals surface area contributed by atoms with Crippen molar-refractivity contribution in [3.8, 4) is 0 Å². The number of fused-ring (bicyclic) bond motifs is 1. The van der Waals surface area contributed by atoms with E-state index in [9.17, 15) is 4.55 Å². The number of H-pyrrole nitrogens is 1. The number of aromatic amines is 1. The van der Waals surface area contributed by atoms with Crippen molar-refractivity contribution in [1.29, 1.82) is 0 Å². The third-order valence-electron chi connectivity index (χ3n) is 2.57. The van der Waals surface area contributed by atoms with E-state index in [0.717, 1.165) is 22.3 Å². The third-order valence-corrected chi connectivity index (χ3v) is 4.49. The Labute approximate surface area is 111 Å². The predicted molar refractivity (Wildman–Crippen MR) is 73.1 cm³/mol. The minimum absolute atomic E-state index is 0.390. The Kier molecular flexibility index (Phi) is 3.07. The number of hydrogen-bond donors (Lipinski definition) is 1. The molecule has 3 aromatic rings. The summed E-state index contributed by atoms with van der Waals surface area (Å²) in [5, 5.41) is 4.43. The Balaban J connectivity index is 1.82. The number of pyridine rings is 1. The maximum absolute atomic E-state index is 12.2. The standard InChI is InChI=1S/C12H11N3OS2/c1-8-2-3-13-9(4-8)7-18(16)12-14-10-5-17-6-11(10)15-12/h2-6H,7H2,1H3,(H,14,15). The molecule has 92 valence electrons.